The normalized spacial score (nSPS) is 9.88. The summed E-state index contributed by atoms with van der Waals surface area (Å²) >= 11 is 0. The zero-order valence-corrected chi connectivity index (χ0v) is 8.31. The standard InChI is InChI=1S/C10H10FN5/c11-7-3-1-2-4-8(7)15-9-5-10(16-12)14-6-13-9/h1-6H,12H2,(H2,13,14,15,16). The molecule has 4 N–H and O–H groups in total. The average molecular weight is 219 g/mol. The predicted molar refractivity (Wildman–Crippen MR) is 59.5 cm³/mol. The first-order valence-corrected chi connectivity index (χ1v) is 4.60. The molecule has 0 bridgehead atoms. The van der Waals surface area contributed by atoms with Crippen molar-refractivity contribution in [1.82, 2.24) is 9.97 Å². The van der Waals surface area contributed by atoms with E-state index in [1.54, 1.807) is 24.3 Å². The van der Waals surface area contributed by atoms with E-state index in [0.29, 0.717) is 17.3 Å². The van der Waals surface area contributed by atoms with Crippen LogP contribution in [0.15, 0.2) is 36.7 Å². The number of halogens is 1. The zero-order chi connectivity index (χ0) is 11.4. The molecule has 6 heteroatoms. The summed E-state index contributed by atoms with van der Waals surface area (Å²) in [7, 11) is 0. The van der Waals surface area contributed by atoms with Crippen LogP contribution < -0.4 is 16.6 Å². The van der Waals surface area contributed by atoms with E-state index < -0.39 is 0 Å². The summed E-state index contributed by atoms with van der Waals surface area (Å²) in [5.74, 6) is 5.77. The molecular formula is C10H10FN5. The molecule has 0 spiro atoms. The van der Waals surface area contributed by atoms with Crippen molar-refractivity contribution in [3.05, 3.63) is 42.5 Å². The quantitative estimate of drug-likeness (QED) is 0.540. The Morgan fingerprint density at radius 1 is 1.12 bits per heavy atom. The minimum atomic E-state index is -0.344. The van der Waals surface area contributed by atoms with Gasteiger partial charge in [0.2, 0.25) is 0 Å². The van der Waals surface area contributed by atoms with Crippen molar-refractivity contribution in [2.24, 2.45) is 5.84 Å². The number of hydrogen-bond acceptors (Lipinski definition) is 5. The van der Waals surface area contributed by atoms with Crippen LogP contribution in [0.4, 0.5) is 21.7 Å². The van der Waals surface area contributed by atoms with Crippen molar-refractivity contribution in [3.8, 4) is 0 Å². The molecular weight excluding hydrogens is 209 g/mol. The zero-order valence-electron chi connectivity index (χ0n) is 8.31. The van der Waals surface area contributed by atoms with E-state index in [0.717, 1.165) is 0 Å². The molecule has 82 valence electrons. The topological polar surface area (TPSA) is 75.9 Å². The van der Waals surface area contributed by atoms with Gasteiger partial charge >= 0.3 is 0 Å². The summed E-state index contributed by atoms with van der Waals surface area (Å²) in [5, 5.41) is 2.83. The van der Waals surface area contributed by atoms with Gasteiger partial charge in [-0.05, 0) is 12.1 Å². The molecule has 0 saturated heterocycles. The minimum Gasteiger partial charge on any atom is -0.338 e. The number of nitrogen functional groups attached to an aromatic ring is 1. The van der Waals surface area contributed by atoms with Gasteiger partial charge in [0.15, 0.2) is 0 Å². The SMILES string of the molecule is NNc1cc(Nc2ccccc2F)ncn1. The molecule has 2 rings (SSSR count). The molecule has 1 aromatic heterocycles. The smallest absolute Gasteiger partial charge is 0.146 e. The lowest BCUT2D eigenvalue weighted by atomic mass is 10.3. The number of nitrogens with zero attached hydrogens (tertiary/aromatic N) is 2. The number of anilines is 3. The Bertz CT molecular complexity index is 488. The van der Waals surface area contributed by atoms with Gasteiger partial charge in [-0.1, -0.05) is 12.1 Å². The fraction of sp³-hybridized carbons (Fsp3) is 0. The second kappa shape index (κ2) is 4.54. The van der Waals surface area contributed by atoms with E-state index in [9.17, 15) is 4.39 Å². The second-order valence-corrected chi connectivity index (χ2v) is 3.04. The Balaban J connectivity index is 2.24. The van der Waals surface area contributed by atoms with Crippen LogP contribution in [-0.4, -0.2) is 9.97 Å². The van der Waals surface area contributed by atoms with Crippen LogP contribution in [0.3, 0.4) is 0 Å². The minimum absolute atomic E-state index is 0.344. The molecule has 0 aliphatic heterocycles. The molecule has 0 saturated carbocycles. The summed E-state index contributed by atoms with van der Waals surface area (Å²) in [6.07, 6.45) is 1.33. The first-order valence-electron chi connectivity index (χ1n) is 4.60. The Labute approximate surface area is 91.5 Å². The van der Waals surface area contributed by atoms with Crippen molar-refractivity contribution in [2.75, 3.05) is 10.7 Å². The lowest BCUT2D eigenvalue weighted by molar-refractivity contribution is 0.632. The van der Waals surface area contributed by atoms with Crippen molar-refractivity contribution < 1.29 is 4.39 Å². The van der Waals surface area contributed by atoms with E-state index in [1.165, 1.54) is 12.4 Å². The third-order valence-corrected chi connectivity index (χ3v) is 1.95. The number of rotatable bonds is 3. The number of para-hydroxylation sites is 1. The van der Waals surface area contributed by atoms with Crippen LogP contribution in [0.2, 0.25) is 0 Å². The van der Waals surface area contributed by atoms with Crippen LogP contribution >= 0.6 is 0 Å². The van der Waals surface area contributed by atoms with Gasteiger partial charge in [0.1, 0.15) is 23.8 Å². The number of aromatic nitrogens is 2. The van der Waals surface area contributed by atoms with E-state index in [1.807, 2.05) is 0 Å². The summed E-state index contributed by atoms with van der Waals surface area (Å²) in [6, 6.07) is 7.91. The van der Waals surface area contributed by atoms with Crippen molar-refractivity contribution in [2.45, 2.75) is 0 Å². The molecule has 16 heavy (non-hydrogen) atoms. The molecule has 0 radical (unpaired) electrons. The maximum Gasteiger partial charge on any atom is 0.146 e. The Kier molecular flexibility index (Phi) is 2.93. The highest BCUT2D eigenvalue weighted by molar-refractivity contribution is 5.58. The second-order valence-electron chi connectivity index (χ2n) is 3.04. The van der Waals surface area contributed by atoms with Gasteiger partial charge < -0.3 is 10.7 Å². The van der Waals surface area contributed by atoms with Crippen molar-refractivity contribution in [3.63, 3.8) is 0 Å². The van der Waals surface area contributed by atoms with Gasteiger partial charge in [0, 0.05) is 6.07 Å². The summed E-state index contributed by atoms with van der Waals surface area (Å²) < 4.78 is 13.3. The van der Waals surface area contributed by atoms with Gasteiger partial charge in [-0.2, -0.15) is 0 Å². The summed E-state index contributed by atoms with van der Waals surface area (Å²) in [4.78, 5) is 7.78. The van der Waals surface area contributed by atoms with Crippen LogP contribution in [0.5, 0.6) is 0 Å². The monoisotopic (exact) mass is 219 g/mol. The van der Waals surface area contributed by atoms with Crippen molar-refractivity contribution >= 4 is 17.3 Å². The fourth-order valence-corrected chi connectivity index (χ4v) is 1.21. The number of benzene rings is 1. The van der Waals surface area contributed by atoms with Crippen LogP contribution in [0.25, 0.3) is 0 Å². The summed E-state index contributed by atoms with van der Waals surface area (Å²) in [6.45, 7) is 0. The van der Waals surface area contributed by atoms with E-state index in [2.05, 4.69) is 20.7 Å². The van der Waals surface area contributed by atoms with Gasteiger partial charge in [0.05, 0.1) is 5.69 Å². The van der Waals surface area contributed by atoms with Gasteiger partial charge in [0.25, 0.3) is 0 Å². The highest BCUT2D eigenvalue weighted by Crippen LogP contribution is 2.18. The highest BCUT2D eigenvalue weighted by Gasteiger charge is 2.02. The largest absolute Gasteiger partial charge is 0.338 e. The predicted octanol–water partition coefficient (Wildman–Crippen LogP) is 1.64. The molecule has 0 fully saturated rings. The number of nitrogens with one attached hydrogen (secondary N) is 2. The van der Waals surface area contributed by atoms with Crippen LogP contribution in [-0.2, 0) is 0 Å². The molecule has 0 aliphatic carbocycles. The first-order chi connectivity index (χ1) is 7.79. The number of hydrazine groups is 1. The Morgan fingerprint density at radius 3 is 2.62 bits per heavy atom. The molecule has 0 amide bonds. The molecule has 0 atom stereocenters. The molecule has 0 aliphatic rings. The van der Waals surface area contributed by atoms with Gasteiger partial charge in [-0.3, -0.25) is 0 Å². The molecule has 5 nitrogen and oxygen atoms in total. The first kappa shape index (κ1) is 10.3. The fourth-order valence-electron chi connectivity index (χ4n) is 1.21. The maximum absolute atomic E-state index is 13.3. The Hall–Kier alpha value is -2.21. The van der Waals surface area contributed by atoms with Crippen LogP contribution in [0, 0.1) is 5.82 Å². The Morgan fingerprint density at radius 2 is 1.88 bits per heavy atom. The van der Waals surface area contributed by atoms with E-state index in [-0.39, 0.29) is 5.82 Å². The molecule has 2 aromatic rings. The molecule has 0 unspecified atom stereocenters. The summed E-state index contributed by atoms with van der Waals surface area (Å²) in [5.41, 5.74) is 2.73. The van der Waals surface area contributed by atoms with Crippen LogP contribution in [0.1, 0.15) is 0 Å². The van der Waals surface area contributed by atoms with E-state index >= 15 is 0 Å². The lowest BCUT2D eigenvalue weighted by Gasteiger charge is -2.07. The third kappa shape index (κ3) is 2.23. The maximum atomic E-state index is 13.3. The van der Waals surface area contributed by atoms with Gasteiger partial charge in [-0.15, -0.1) is 0 Å². The highest BCUT2D eigenvalue weighted by atomic mass is 19.1. The average Bonchev–Trinajstić information content (AvgIpc) is 2.32. The van der Waals surface area contributed by atoms with E-state index in [4.69, 9.17) is 5.84 Å². The van der Waals surface area contributed by atoms with Crippen molar-refractivity contribution in [1.29, 1.82) is 0 Å². The molecule has 1 heterocycles. The van der Waals surface area contributed by atoms with Gasteiger partial charge in [-0.25, -0.2) is 20.2 Å². The lowest BCUT2D eigenvalue weighted by Crippen LogP contribution is -2.09. The third-order valence-electron chi connectivity index (χ3n) is 1.95. The molecule has 1 aromatic carbocycles. The number of nitrogens with two attached hydrogens (primary N) is 1. The number of hydrogen-bond donors (Lipinski definition) is 3.